The van der Waals surface area contributed by atoms with Crippen LogP contribution >= 0.6 is 23.8 Å². The van der Waals surface area contributed by atoms with Crippen molar-refractivity contribution in [2.24, 2.45) is 5.73 Å². The molecule has 0 aliphatic heterocycles. The Kier molecular flexibility index (Phi) is 5.53. The molecule has 1 aromatic carbocycles. The fraction of sp³-hybridized carbons (Fsp3) is 0.182. The van der Waals surface area contributed by atoms with Gasteiger partial charge in [0.25, 0.3) is 0 Å². The average Bonchev–Trinajstić information content (AvgIpc) is 2.37. The molecule has 0 fully saturated rings. The van der Waals surface area contributed by atoms with E-state index in [1.165, 1.54) is 13.2 Å². The molecule has 4 N–H and O–H groups in total. The standard InChI is InChI=1S/C11H12ClN3O3S/c1-18-8-4-6(2-3-7(8)12)15-11(17)10(16)14-5-9(13)19/h2-4H,5H2,1H3,(H2,13,19)(H,14,16)(H,15,17). The van der Waals surface area contributed by atoms with Crippen molar-refractivity contribution in [3.8, 4) is 5.75 Å². The van der Waals surface area contributed by atoms with Gasteiger partial charge in [0.15, 0.2) is 0 Å². The third-order valence-corrected chi connectivity index (χ3v) is 2.49. The number of carbonyl (C=O) groups is 2. The molecule has 0 unspecified atom stereocenters. The molecule has 0 aliphatic rings. The van der Waals surface area contributed by atoms with Crippen LogP contribution in [0.5, 0.6) is 5.75 Å². The lowest BCUT2D eigenvalue weighted by atomic mass is 10.3. The van der Waals surface area contributed by atoms with E-state index >= 15 is 0 Å². The van der Waals surface area contributed by atoms with Crippen molar-refractivity contribution in [3.05, 3.63) is 23.2 Å². The first kappa shape index (κ1) is 15.2. The molecule has 6 nitrogen and oxygen atoms in total. The number of benzene rings is 1. The second kappa shape index (κ2) is 6.91. The van der Waals surface area contributed by atoms with Crippen molar-refractivity contribution in [1.29, 1.82) is 0 Å². The molecule has 8 heteroatoms. The predicted octanol–water partition coefficient (Wildman–Crippen LogP) is 0.689. The second-order valence-corrected chi connectivity index (χ2v) is 4.38. The summed E-state index contributed by atoms with van der Waals surface area (Å²) in [4.78, 5) is 23.0. The Labute approximate surface area is 120 Å². The van der Waals surface area contributed by atoms with Crippen LogP contribution in [0.1, 0.15) is 0 Å². The number of hydrogen-bond donors (Lipinski definition) is 3. The smallest absolute Gasteiger partial charge is 0.313 e. The highest BCUT2D eigenvalue weighted by Crippen LogP contribution is 2.27. The van der Waals surface area contributed by atoms with Gasteiger partial charge < -0.3 is 21.1 Å². The number of ether oxygens (including phenoxy) is 1. The molecule has 2 amide bonds. The van der Waals surface area contributed by atoms with Crippen LogP contribution in [0.4, 0.5) is 5.69 Å². The highest BCUT2D eigenvalue weighted by atomic mass is 35.5. The number of methoxy groups -OCH3 is 1. The van der Waals surface area contributed by atoms with Crippen molar-refractivity contribution in [1.82, 2.24) is 5.32 Å². The fourth-order valence-corrected chi connectivity index (χ4v) is 1.44. The molecule has 0 radical (unpaired) electrons. The molecule has 102 valence electrons. The topological polar surface area (TPSA) is 93.4 Å². The Morgan fingerprint density at radius 3 is 2.68 bits per heavy atom. The fourth-order valence-electron chi connectivity index (χ4n) is 1.17. The number of hydrogen-bond acceptors (Lipinski definition) is 4. The van der Waals surface area contributed by atoms with Crippen LogP contribution in [-0.4, -0.2) is 30.5 Å². The number of rotatable bonds is 4. The second-order valence-electron chi connectivity index (χ2n) is 3.45. The number of nitrogens with two attached hydrogens (primary N) is 1. The Balaban J connectivity index is 2.66. The first-order valence-electron chi connectivity index (χ1n) is 5.15. The van der Waals surface area contributed by atoms with E-state index in [2.05, 4.69) is 22.9 Å². The molecule has 19 heavy (non-hydrogen) atoms. The molecule has 0 atom stereocenters. The van der Waals surface area contributed by atoms with Gasteiger partial charge in [0, 0.05) is 11.8 Å². The van der Waals surface area contributed by atoms with E-state index in [0.717, 1.165) is 0 Å². The lowest BCUT2D eigenvalue weighted by Crippen LogP contribution is -2.39. The van der Waals surface area contributed by atoms with Crippen LogP contribution in [0, 0.1) is 0 Å². The van der Waals surface area contributed by atoms with E-state index in [1.54, 1.807) is 12.1 Å². The van der Waals surface area contributed by atoms with E-state index in [4.69, 9.17) is 22.1 Å². The van der Waals surface area contributed by atoms with Crippen LogP contribution in [0.2, 0.25) is 5.02 Å². The number of carbonyl (C=O) groups excluding carboxylic acids is 2. The van der Waals surface area contributed by atoms with Crippen molar-refractivity contribution < 1.29 is 14.3 Å². The SMILES string of the molecule is COc1cc(NC(=O)C(=O)NCC(N)=S)ccc1Cl. The summed E-state index contributed by atoms with van der Waals surface area (Å²) in [5, 5.41) is 5.06. The highest BCUT2D eigenvalue weighted by Gasteiger charge is 2.14. The summed E-state index contributed by atoms with van der Waals surface area (Å²) in [5.41, 5.74) is 5.59. The van der Waals surface area contributed by atoms with Gasteiger partial charge in [-0.2, -0.15) is 0 Å². The number of thiocarbonyl (C=S) groups is 1. The normalized spacial score (nSPS) is 9.58. The molecular formula is C11H12ClN3O3S. The molecular weight excluding hydrogens is 290 g/mol. The zero-order valence-corrected chi connectivity index (χ0v) is 11.6. The number of halogens is 1. The summed E-state index contributed by atoms with van der Waals surface area (Å²) in [5.74, 6) is -1.27. The Morgan fingerprint density at radius 2 is 2.11 bits per heavy atom. The Hall–Kier alpha value is -1.86. The number of nitrogens with one attached hydrogen (secondary N) is 2. The third-order valence-electron chi connectivity index (χ3n) is 2.04. The quantitative estimate of drug-likeness (QED) is 0.562. The maximum Gasteiger partial charge on any atom is 0.313 e. The van der Waals surface area contributed by atoms with E-state index in [-0.39, 0.29) is 11.5 Å². The minimum absolute atomic E-state index is 0.0362. The van der Waals surface area contributed by atoms with Crippen LogP contribution in [-0.2, 0) is 9.59 Å². The van der Waals surface area contributed by atoms with Crippen LogP contribution in [0.3, 0.4) is 0 Å². The zero-order valence-electron chi connectivity index (χ0n) is 10.0. The third kappa shape index (κ3) is 4.72. The molecule has 1 rings (SSSR count). The Morgan fingerprint density at radius 1 is 1.42 bits per heavy atom. The molecule has 0 heterocycles. The van der Waals surface area contributed by atoms with E-state index in [9.17, 15) is 9.59 Å². The summed E-state index contributed by atoms with van der Waals surface area (Å²) in [7, 11) is 1.45. The van der Waals surface area contributed by atoms with Gasteiger partial charge in [0.2, 0.25) is 0 Å². The van der Waals surface area contributed by atoms with Crippen molar-refractivity contribution >= 4 is 46.3 Å². The minimum Gasteiger partial charge on any atom is -0.495 e. The van der Waals surface area contributed by atoms with Gasteiger partial charge in [-0.3, -0.25) is 9.59 Å². The first-order chi connectivity index (χ1) is 8.93. The molecule has 0 saturated heterocycles. The van der Waals surface area contributed by atoms with Crippen molar-refractivity contribution in [3.63, 3.8) is 0 Å². The van der Waals surface area contributed by atoms with Crippen molar-refractivity contribution in [2.75, 3.05) is 19.0 Å². The number of amides is 2. The highest BCUT2D eigenvalue weighted by molar-refractivity contribution is 7.80. The van der Waals surface area contributed by atoms with Crippen LogP contribution in [0.25, 0.3) is 0 Å². The molecule has 0 saturated carbocycles. The lowest BCUT2D eigenvalue weighted by molar-refractivity contribution is -0.135. The number of anilines is 1. The van der Waals surface area contributed by atoms with Crippen LogP contribution < -0.4 is 21.1 Å². The maximum atomic E-state index is 11.5. The average molecular weight is 302 g/mol. The summed E-state index contributed by atoms with van der Waals surface area (Å²) in [6.45, 7) is -0.0362. The van der Waals surface area contributed by atoms with E-state index in [1.807, 2.05) is 0 Å². The van der Waals surface area contributed by atoms with E-state index in [0.29, 0.717) is 16.5 Å². The maximum absolute atomic E-state index is 11.5. The molecule has 0 aliphatic carbocycles. The molecule has 0 spiro atoms. The van der Waals surface area contributed by atoms with E-state index < -0.39 is 11.8 Å². The van der Waals surface area contributed by atoms with Crippen molar-refractivity contribution in [2.45, 2.75) is 0 Å². The predicted molar refractivity (Wildman–Crippen MR) is 76.4 cm³/mol. The van der Waals surface area contributed by atoms with Crippen LogP contribution in [0.15, 0.2) is 18.2 Å². The zero-order chi connectivity index (χ0) is 14.4. The van der Waals surface area contributed by atoms with Gasteiger partial charge in [-0.15, -0.1) is 0 Å². The van der Waals surface area contributed by atoms with Gasteiger partial charge in [0.05, 0.1) is 23.7 Å². The van der Waals surface area contributed by atoms with Gasteiger partial charge in [0.1, 0.15) is 5.75 Å². The van der Waals surface area contributed by atoms with Gasteiger partial charge in [-0.05, 0) is 12.1 Å². The molecule has 1 aromatic rings. The first-order valence-corrected chi connectivity index (χ1v) is 5.93. The molecule has 0 aromatic heterocycles. The lowest BCUT2D eigenvalue weighted by Gasteiger charge is -2.08. The summed E-state index contributed by atoms with van der Waals surface area (Å²) < 4.78 is 4.99. The largest absolute Gasteiger partial charge is 0.495 e. The summed E-state index contributed by atoms with van der Waals surface area (Å²) in [6, 6.07) is 4.59. The van der Waals surface area contributed by atoms with Gasteiger partial charge >= 0.3 is 11.8 Å². The monoisotopic (exact) mass is 301 g/mol. The van der Waals surface area contributed by atoms with Gasteiger partial charge in [-0.25, -0.2) is 0 Å². The summed E-state index contributed by atoms with van der Waals surface area (Å²) >= 11 is 10.4. The van der Waals surface area contributed by atoms with Gasteiger partial charge in [-0.1, -0.05) is 23.8 Å². The Bertz CT molecular complexity index is 522. The molecule has 0 bridgehead atoms. The minimum atomic E-state index is -0.833. The summed E-state index contributed by atoms with van der Waals surface area (Å²) in [6.07, 6.45) is 0.